The van der Waals surface area contributed by atoms with Crippen molar-refractivity contribution < 1.29 is 13.4 Å². The summed E-state index contributed by atoms with van der Waals surface area (Å²) in [5, 5.41) is 0. The zero-order valence-corrected chi connectivity index (χ0v) is 10.6. The van der Waals surface area contributed by atoms with Gasteiger partial charge in [0.1, 0.15) is 0 Å². The molecule has 0 spiro atoms. The SMILES string of the molecule is [2H]C([2H])=C([2H])c1cncc(B2OC(C)(C)C(C)(C)O2)c1. The Morgan fingerprint density at radius 2 is 2.00 bits per heavy atom. The molecule has 1 aliphatic rings. The maximum absolute atomic E-state index is 7.67. The molecular formula is C13H18BNO2. The number of nitrogens with zero attached hydrogens (tertiary/aromatic N) is 1. The summed E-state index contributed by atoms with van der Waals surface area (Å²) < 4.78 is 33.9. The molecule has 2 heterocycles. The lowest BCUT2D eigenvalue weighted by molar-refractivity contribution is 0.00578. The molecule has 0 unspecified atom stereocenters. The minimum atomic E-state index is -0.555. The Kier molecular flexibility index (Phi) is 2.07. The number of aromatic nitrogens is 1. The van der Waals surface area contributed by atoms with Crippen LogP contribution in [0.25, 0.3) is 6.05 Å². The van der Waals surface area contributed by atoms with Gasteiger partial charge in [0.05, 0.1) is 15.3 Å². The average molecular weight is 234 g/mol. The highest BCUT2D eigenvalue weighted by Crippen LogP contribution is 2.36. The van der Waals surface area contributed by atoms with Gasteiger partial charge in [-0.15, -0.1) is 0 Å². The number of pyridine rings is 1. The van der Waals surface area contributed by atoms with Crippen molar-refractivity contribution in [1.29, 1.82) is 0 Å². The van der Waals surface area contributed by atoms with Gasteiger partial charge in [-0.05, 0) is 33.3 Å². The highest BCUT2D eigenvalue weighted by molar-refractivity contribution is 6.62. The minimum absolute atomic E-state index is 0.170. The molecule has 1 aromatic rings. The molecule has 0 N–H and O–H groups in total. The fourth-order valence-corrected chi connectivity index (χ4v) is 1.63. The van der Waals surface area contributed by atoms with Gasteiger partial charge in [0.2, 0.25) is 0 Å². The summed E-state index contributed by atoms with van der Waals surface area (Å²) in [5.74, 6) is 0. The third kappa shape index (κ3) is 2.15. The van der Waals surface area contributed by atoms with Crippen LogP contribution in [0.15, 0.2) is 25.0 Å². The molecule has 0 aromatic carbocycles. The van der Waals surface area contributed by atoms with E-state index in [1.165, 1.54) is 6.20 Å². The largest absolute Gasteiger partial charge is 0.496 e. The molecule has 1 aliphatic heterocycles. The summed E-state index contributed by atoms with van der Waals surface area (Å²) in [6.45, 7) is 7.31. The molecule has 1 aromatic heterocycles. The molecular weight excluding hydrogens is 213 g/mol. The van der Waals surface area contributed by atoms with Crippen molar-refractivity contribution in [3.63, 3.8) is 0 Å². The third-order valence-corrected chi connectivity index (χ3v) is 3.43. The van der Waals surface area contributed by atoms with E-state index >= 15 is 0 Å². The predicted octanol–water partition coefficient (Wildman–Crippen LogP) is 2.02. The predicted molar refractivity (Wildman–Crippen MR) is 70.0 cm³/mol. The molecule has 0 radical (unpaired) electrons. The first-order chi connectivity index (χ1) is 9.14. The molecule has 1 saturated heterocycles. The first kappa shape index (κ1) is 8.89. The van der Waals surface area contributed by atoms with Crippen molar-refractivity contribution in [1.82, 2.24) is 4.98 Å². The van der Waals surface area contributed by atoms with Crippen LogP contribution >= 0.6 is 0 Å². The van der Waals surface area contributed by atoms with Crippen LogP contribution in [0.3, 0.4) is 0 Å². The lowest BCUT2D eigenvalue weighted by atomic mass is 9.80. The Bertz CT molecular complexity index is 540. The quantitative estimate of drug-likeness (QED) is 0.733. The molecule has 2 rings (SSSR count). The van der Waals surface area contributed by atoms with Gasteiger partial charge in [-0.1, -0.05) is 18.6 Å². The Morgan fingerprint density at radius 1 is 1.35 bits per heavy atom. The normalized spacial score (nSPS) is 23.8. The lowest BCUT2D eigenvalue weighted by Gasteiger charge is -2.32. The minimum Gasteiger partial charge on any atom is -0.399 e. The molecule has 0 aliphatic carbocycles. The molecule has 0 saturated carbocycles. The van der Waals surface area contributed by atoms with Crippen molar-refractivity contribution in [2.24, 2.45) is 0 Å². The van der Waals surface area contributed by atoms with Gasteiger partial charge in [0.15, 0.2) is 0 Å². The molecule has 0 bridgehead atoms. The standard InChI is InChI=1S/C13H18BNO2/c1-6-10-7-11(9-15-8-10)14-16-12(2,3)13(4,5)17-14/h6-9H,1H2,2-5H3/i1D2,6D. The van der Waals surface area contributed by atoms with Crippen LogP contribution in [0.5, 0.6) is 0 Å². The van der Waals surface area contributed by atoms with Gasteiger partial charge in [-0.3, -0.25) is 4.98 Å². The van der Waals surface area contributed by atoms with Crippen LogP contribution in [0.2, 0.25) is 0 Å². The van der Waals surface area contributed by atoms with E-state index in [-0.39, 0.29) is 6.05 Å². The van der Waals surface area contributed by atoms with Crippen molar-refractivity contribution in [2.75, 3.05) is 0 Å². The number of hydrogen-bond acceptors (Lipinski definition) is 3. The fraction of sp³-hybridized carbons (Fsp3) is 0.462. The van der Waals surface area contributed by atoms with Crippen molar-refractivity contribution in [3.8, 4) is 0 Å². The molecule has 0 amide bonds. The van der Waals surface area contributed by atoms with Crippen molar-refractivity contribution >= 4 is 18.6 Å². The summed E-state index contributed by atoms with van der Waals surface area (Å²) in [4.78, 5) is 4.05. The van der Waals surface area contributed by atoms with Gasteiger partial charge in [-0.25, -0.2) is 0 Å². The van der Waals surface area contributed by atoms with E-state index in [9.17, 15) is 0 Å². The monoisotopic (exact) mass is 234 g/mol. The highest BCUT2D eigenvalue weighted by Gasteiger charge is 2.51. The first-order valence-electron chi connectivity index (χ1n) is 7.09. The fourth-order valence-electron chi connectivity index (χ4n) is 1.63. The topological polar surface area (TPSA) is 31.4 Å². The van der Waals surface area contributed by atoms with Crippen LogP contribution in [0, 0.1) is 0 Å². The molecule has 90 valence electrons. The van der Waals surface area contributed by atoms with E-state index in [1.807, 2.05) is 27.7 Å². The number of rotatable bonds is 2. The Morgan fingerprint density at radius 3 is 2.59 bits per heavy atom. The first-order valence-corrected chi connectivity index (χ1v) is 5.59. The lowest BCUT2D eigenvalue weighted by Crippen LogP contribution is -2.41. The van der Waals surface area contributed by atoms with E-state index in [0.29, 0.717) is 11.0 Å². The van der Waals surface area contributed by atoms with Crippen LogP contribution in [0.1, 0.15) is 37.4 Å². The average Bonchev–Trinajstić information content (AvgIpc) is 2.57. The Hall–Kier alpha value is -1.13. The van der Waals surface area contributed by atoms with E-state index in [0.717, 1.165) is 0 Å². The van der Waals surface area contributed by atoms with Crippen LogP contribution in [-0.2, 0) is 9.31 Å². The van der Waals surface area contributed by atoms with E-state index in [2.05, 4.69) is 4.98 Å². The van der Waals surface area contributed by atoms with Crippen molar-refractivity contribution in [2.45, 2.75) is 38.9 Å². The summed E-state index contributed by atoms with van der Waals surface area (Å²) in [6.07, 6.45) is 3.08. The zero-order valence-electron chi connectivity index (χ0n) is 13.6. The smallest absolute Gasteiger partial charge is 0.399 e. The summed E-state index contributed by atoms with van der Waals surface area (Å²) in [6, 6.07) is 1.51. The second-order valence-electron chi connectivity index (χ2n) is 5.22. The molecule has 17 heavy (non-hydrogen) atoms. The van der Waals surface area contributed by atoms with E-state index in [1.54, 1.807) is 12.3 Å². The van der Waals surface area contributed by atoms with E-state index < -0.39 is 24.9 Å². The van der Waals surface area contributed by atoms with Crippen LogP contribution in [-0.4, -0.2) is 23.3 Å². The van der Waals surface area contributed by atoms with Crippen LogP contribution < -0.4 is 5.46 Å². The number of hydrogen-bond donors (Lipinski definition) is 0. The summed E-state index contributed by atoms with van der Waals surface area (Å²) in [7, 11) is -0.555. The van der Waals surface area contributed by atoms with Gasteiger partial charge < -0.3 is 9.31 Å². The third-order valence-electron chi connectivity index (χ3n) is 3.43. The maximum atomic E-state index is 7.67. The molecule has 3 nitrogen and oxygen atoms in total. The summed E-state index contributed by atoms with van der Waals surface area (Å²) in [5.41, 5.74) is 0.219. The second-order valence-corrected chi connectivity index (χ2v) is 5.22. The van der Waals surface area contributed by atoms with Crippen LogP contribution in [0.4, 0.5) is 0 Å². The van der Waals surface area contributed by atoms with Gasteiger partial charge in [0, 0.05) is 17.9 Å². The van der Waals surface area contributed by atoms with Gasteiger partial charge in [-0.2, -0.15) is 0 Å². The Labute approximate surface area is 107 Å². The Balaban J connectivity index is 2.33. The maximum Gasteiger partial charge on any atom is 0.496 e. The van der Waals surface area contributed by atoms with Gasteiger partial charge in [0.25, 0.3) is 0 Å². The summed E-state index contributed by atoms with van der Waals surface area (Å²) >= 11 is 0. The highest BCUT2D eigenvalue weighted by atomic mass is 16.7. The second kappa shape index (κ2) is 3.96. The molecule has 1 fully saturated rings. The van der Waals surface area contributed by atoms with E-state index in [4.69, 9.17) is 13.4 Å². The zero-order chi connectivity index (χ0) is 15.1. The molecule has 4 heteroatoms. The van der Waals surface area contributed by atoms with Crippen molar-refractivity contribution in [3.05, 3.63) is 30.6 Å². The molecule has 0 atom stereocenters. The van der Waals surface area contributed by atoms with Gasteiger partial charge >= 0.3 is 7.12 Å².